The summed E-state index contributed by atoms with van der Waals surface area (Å²) < 4.78 is 5.51. The Kier molecular flexibility index (Phi) is 3.82. The molecule has 3 nitrogen and oxygen atoms in total. The van der Waals surface area contributed by atoms with Gasteiger partial charge in [-0.25, -0.2) is 4.98 Å². The van der Waals surface area contributed by atoms with Crippen LogP contribution in [0.5, 0.6) is 5.88 Å². The van der Waals surface area contributed by atoms with E-state index >= 15 is 0 Å². The third-order valence-corrected chi connectivity index (χ3v) is 2.67. The third kappa shape index (κ3) is 3.32. The van der Waals surface area contributed by atoms with E-state index in [2.05, 4.69) is 9.97 Å². The van der Waals surface area contributed by atoms with Crippen LogP contribution >= 0.6 is 23.2 Å². The summed E-state index contributed by atoms with van der Waals surface area (Å²) in [6.45, 7) is 2.18. The van der Waals surface area contributed by atoms with Crippen LogP contribution < -0.4 is 4.74 Å². The van der Waals surface area contributed by atoms with E-state index < -0.39 is 0 Å². The molecule has 0 atom stereocenters. The fraction of sp³-hybridized carbons (Fsp3) is 0.167. The molecule has 2 aromatic rings. The lowest BCUT2D eigenvalue weighted by Gasteiger charge is -2.07. The Balaban J connectivity index is 2.10. The average Bonchev–Trinajstić information content (AvgIpc) is 2.27. The molecule has 0 saturated carbocycles. The maximum absolute atomic E-state index is 6.01. The predicted octanol–water partition coefficient (Wildman–Crippen LogP) is 3.67. The second kappa shape index (κ2) is 5.34. The van der Waals surface area contributed by atoms with Gasteiger partial charge in [0.05, 0.1) is 0 Å². The van der Waals surface area contributed by atoms with Crippen LogP contribution in [0.25, 0.3) is 0 Å². The summed E-state index contributed by atoms with van der Waals surface area (Å²) in [5, 5.41) is 0.850. The maximum atomic E-state index is 6.01. The highest BCUT2D eigenvalue weighted by atomic mass is 35.5. The van der Waals surface area contributed by atoms with E-state index in [1.807, 2.05) is 31.2 Å². The molecule has 0 N–H and O–H groups in total. The second-order valence-electron chi connectivity index (χ2n) is 3.50. The fourth-order valence-corrected chi connectivity index (χ4v) is 1.75. The second-order valence-corrected chi connectivity index (χ2v) is 4.24. The minimum Gasteiger partial charge on any atom is -0.473 e. The Hall–Kier alpha value is -1.32. The Bertz CT molecular complexity index is 511. The molecule has 0 aliphatic rings. The van der Waals surface area contributed by atoms with Gasteiger partial charge in [0.2, 0.25) is 11.2 Å². The summed E-state index contributed by atoms with van der Waals surface area (Å²) >= 11 is 11.7. The molecule has 0 aliphatic carbocycles. The topological polar surface area (TPSA) is 35.0 Å². The van der Waals surface area contributed by atoms with Crippen molar-refractivity contribution in [1.82, 2.24) is 9.97 Å². The van der Waals surface area contributed by atoms with Crippen LogP contribution in [0, 0.1) is 6.92 Å². The van der Waals surface area contributed by atoms with Crippen molar-refractivity contribution in [1.29, 1.82) is 0 Å². The molecule has 0 fully saturated rings. The molecule has 0 unspecified atom stereocenters. The number of rotatable bonds is 3. The van der Waals surface area contributed by atoms with Gasteiger partial charge in [-0.2, -0.15) is 4.98 Å². The summed E-state index contributed by atoms with van der Waals surface area (Å²) in [6, 6.07) is 9.22. The summed E-state index contributed by atoms with van der Waals surface area (Å²) in [5.74, 6) is 0.447. The first-order valence-electron chi connectivity index (χ1n) is 5.02. The molecule has 2 rings (SSSR count). The van der Waals surface area contributed by atoms with Crippen molar-refractivity contribution >= 4 is 23.2 Å². The van der Waals surface area contributed by atoms with Crippen LogP contribution in [-0.4, -0.2) is 9.97 Å². The summed E-state index contributed by atoms with van der Waals surface area (Å²) in [4.78, 5) is 7.92. The largest absolute Gasteiger partial charge is 0.473 e. The van der Waals surface area contributed by atoms with Gasteiger partial charge in [-0.05, 0) is 24.6 Å². The number of benzene rings is 1. The smallest absolute Gasteiger partial charge is 0.225 e. The molecule has 0 radical (unpaired) electrons. The van der Waals surface area contributed by atoms with E-state index in [1.165, 1.54) is 0 Å². The zero-order valence-electron chi connectivity index (χ0n) is 9.15. The quantitative estimate of drug-likeness (QED) is 0.797. The van der Waals surface area contributed by atoms with Crippen LogP contribution in [0.15, 0.2) is 30.3 Å². The van der Waals surface area contributed by atoms with Crippen molar-refractivity contribution in [2.24, 2.45) is 0 Å². The third-order valence-electron chi connectivity index (χ3n) is 2.14. The lowest BCUT2D eigenvalue weighted by Crippen LogP contribution is -1.99. The Morgan fingerprint density at radius 1 is 1.18 bits per heavy atom. The Morgan fingerprint density at radius 2 is 1.94 bits per heavy atom. The molecular weight excluding hydrogens is 259 g/mol. The molecule has 0 saturated heterocycles. The van der Waals surface area contributed by atoms with Gasteiger partial charge in [0.25, 0.3) is 0 Å². The number of ether oxygens (including phenoxy) is 1. The number of nitrogens with zero attached hydrogens (tertiary/aromatic N) is 2. The summed E-state index contributed by atoms with van der Waals surface area (Å²) in [5.41, 5.74) is 1.67. The van der Waals surface area contributed by atoms with Crippen molar-refractivity contribution in [2.45, 2.75) is 13.5 Å². The van der Waals surface area contributed by atoms with Crippen molar-refractivity contribution < 1.29 is 4.74 Å². The van der Waals surface area contributed by atoms with E-state index in [4.69, 9.17) is 27.9 Å². The zero-order valence-corrected chi connectivity index (χ0v) is 10.7. The van der Waals surface area contributed by atoms with Crippen molar-refractivity contribution in [3.63, 3.8) is 0 Å². The molecule has 1 heterocycles. The van der Waals surface area contributed by atoms with Crippen LogP contribution in [-0.2, 0) is 6.61 Å². The molecule has 17 heavy (non-hydrogen) atoms. The highest BCUT2D eigenvalue weighted by molar-refractivity contribution is 6.31. The van der Waals surface area contributed by atoms with Crippen molar-refractivity contribution in [2.75, 3.05) is 0 Å². The normalized spacial score (nSPS) is 10.3. The first kappa shape index (κ1) is 12.1. The Labute approximate surface area is 109 Å². The summed E-state index contributed by atoms with van der Waals surface area (Å²) in [7, 11) is 0. The molecule has 0 bridgehead atoms. The van der Waals surface area contributed by atoms with Crippen LogP contribution in [0.1, 0.15) is 11.3 Å². The van der Waals surface area contributed by atoms with Gasteiger partial charge in [0.1, 0.15) is 6.61 Å². The SMILES string of the molecule is Cc1cc(OCc2ccccc2Cl)nc(Cl)n1. The molecule has 5 heteroatoms. The van der Waals surface area contributed by atoms with E-state index in [-0.39, 0.29) is 5.28 Å². The van der Waals surface area contributed by atoms with Crippen LogP contribution in [0.4, 0.5) is 0 Å². The van der Waals surface area contributed by atoms with E-state index in [9.17, 15) is 0 Å². The van der Waals surface area contributed by atoms with Gasteiger partial charge < -0.3 is 4.74 Å². The number of aromatic nitrogens is 2. The van der Waals surface area contributed by atoms with Crippen molar-refractivity contribution in [3.05, 3.63) is 51.9 Å². The molecule has 1 aromatic carbocycles. The first-order chi connectivity index (χ1) is 8.15. The van der Waals surface area contributed by atoms with Gasteiger partial charge in [0, 0.05) is 22.3 Å². The van der Waals surface area contributed by atoms with Crippen molar-refractivity contribution in [3.8, 4) is 5.88 Å². The zero-order chi connectivity index (χ0) is 12.3. The molecule has 0 spiro atoms. The maximum Gasteiger partial charge on any atom is 0.225 e. The molecular formula is C12H10Cl2N2O. The minimum absolute atomic E-state index is 0.180. The molecule has 0 amide bonds. The van der Waals surface area contributed by atoms with Crippen LogP contribution in [0.2, 0.25) is 10.3 Å². The van der Waals surface area contributed by atoms with Gasteiger partial charge in [-0.3, -0.25) is 0 Å². The lowest BCUT2D eigenvalue weighted by atomic mass is 10.2. The lowest BCUT2D eigenvalue weighted by molar-refractivity contribution is 0.293. The monoisotopic (exact) mass is 268 g/mol. The standard InChI is InChI=1S/C12H10Cl2N2O/c1-8-6-11(16-12(14)15-8)17-7-9-4-2-3-5-10(9)13/h2-6H,7H2,1H3. The van der Waals surface area contributed by atoms with E-state index in [0.29, 0.717) is 17.5 Å². The molecule has 88 valence electrons. The molecule has 1 aromatic heterocycles. The number of halogens is 2. The predicted molar refractivity (Wildman–Crippen MR) is 67.6 cm³/mol. The Morgan fingerprint density at radius 3 is 2.65 bits per heavy atom. The van der Waals surface area contributed by atoms with E-state index in [0.717, 1.165) is 11.3 Å². The fourth-order valence-electron chi connectivity index (χ4n) is 1.35. The van der Waals surface area contributed by atoms with Gasteiger partial charge >= 0.3 is 0 Å². The molecule has 0 aliphatic heterocycles. The average molecular weight is 269 g/mol. The highest BCUT2D eigenvalue weighted by Gasteiger charge is 2.03. The number of hydrogen-bond acceptors (Lipinski definition) is 3. The van der Waals surface area contributed by atoms with Gasteiger partial charge in [-0.1, -0.05) is 29.8 Å². The van der Waals surface area contributed by atoms with E-state index in [1.54, 1.807) is 6.07 Å². The minimum atomic E-state index is 0.180. The number of aryl methyl sites for hydroxylation is 1. The summed E-state index contributed by atoms with van der Waals surface area (Å²) in [6.07, 6.45) is 0. The first-order valence-corrected chi connectivity index (χ1v) is 5.78. The van der Waals surface area contributed by atoms with Gasteiger partial charge in [-0.15, -0.1) is 0 Å². The van der Waals surface area contributed by atoms with Crippen LogP contribution in [0.3, 0.4) is 0 Å². The van der Waals surface area contributed by atoms with Gasteiger partial charge in [0.15, 0.2) is 0 Å². The number of hydrogen-bond donors (Lipinski definition) is 0. The highest BCUT2D eigenvalue weighted by Crippen LogP contribution is 2.18.